The van der Waals surface area contributed by atoms with Crippen molar-refractivity contribution in [3.8, 4) is 46.3 Å². The largest absolute Gasteiger partial charge is 0.446 e. The summed E-state index contributed by atoms with van der Waals surface area (Å²) in [6.07, 6.45) is 12.2. The number of hydrogen-bond donors (Lipinski definition) is 4. The molecule has 0 unspecified atom stereocenters. The maximum absolute atomic E-state index is 13.4. The Bertz CT molecular complexity index is 1910. The van der Waals surface area contributed by atoms with Gasteiger partial charge in [-0.15, -0.1) is 0 Å². The molecular formula is C32H34N10O8. The molecule has 0 aliphatic carbocycles. The third kappa shape index (κ3) is 7.10. The zero-order valence-corrected chi connectivity index (χ0v) is 27.2. The van der Waals surface area contributed by atoms with Crippen LogP contribution in [0.1, 0.15) is 83.4 Å². The number of carbonyl (C=O) groups excluding carboxylic acids is 2. The third-order valence-electron chi connectivity index (χ3n) is 7.95. The molecular weight excluding hydrogens is 652 g/mol. The van der Waals surface area contributed by atoms with E-state index >= 15 is 0 Å². The van der Waals surface area contributed by atoms with Gasteiger partial charge >= 0.3 is 0 Å². The van der Waals surface area contributed by atoms with Gasteiger partial charge in [0.25, 0.3) is 11.8 Å². The van der Waals surface area contributed by atoms with Gasteiger partial charge in [-0.3, -0.25) is 9.59 Å². The number of rotatable bonds is 10. The molecule has 6 aromatic heterocycles. The third-order valence-corrected chi connectivity index (χ3v) is 7.95. The molecule has 18 nitrogen and oxygen atoms in total. The van der Waals surface area contributed by atoms with Gasteiger partial charge in [0.05, 0.1) is 0 Å². The van der Waals surface area contributed by atoms with Gasteiger partial charge in [0, 0.05) is 0 Å². The molecule has 0 saturated carbocycles. The summed E-state index contributed by atoms with van der Waals surface area (Å²) < 4.78 is 34.1. The van der Waals surface area contributed by atoms with E-state index in [1.54, 1.807) is 0 Å². The van der Waals surface area contributed by atoms with Crippen LogP contribution in [0.5, 0.6) is 0 Å². The molecule has 0 radical (unpaired) electrons. The number of carbonyl (C=O) groups is 2. The summed E-state index contributed by atoms with van der Waals surface area (Å²) in [6, 6.07) is -1.21. The molecule has 12 bridgehead atoms. The first kappa shape index (κ1) is 32.7. The fraction of sp³-hybridized carbons (Fsp3) is 0.375. The highest BCUT2D eigenvalue weighted by Crippen LogP contribution is 2.30. The molecule has 1 aliphatic heterocycles. The lowest BCUT2D eigenvalue weighted by Crippen LogP contribution is -2.29. The maximum atomic E-state index is 13.4. The Morgan fingerprint density at radius 1 is 0.500 bits per heavy atom. The van der Waals surface area contributed by atoms with Gasteiger partial charge in [-0.2, -0.15) is 0 Å². The summed E-state index contributed by atoms with van der Waals surface area (Å²) in [4.78, 5) is 53.4. The van der Waals surface area contributed by atoms with E-state index < -0.39 is 23.9 Å². The predicted octanol–water partition coefficient (Wildman–Crippen LogP) is 4.32. The fourth-order valence-corrected chi connectivity index (χ4v) is 5.34. The minimum Gasteiger partial charge on any atom is -0.446 e. The molecule has 2 atom stereocenters. The normalized spacial score (nSPS) is 16.2. The van der Waals surface area contributed by atoms with Crippen molar-refractivity contribution in [2.75, 3.05) is 27.2 Å². The number of amides is 2. The van der Waals surface area contributed by atoms with Crippen LogP contribution < -0.4 is 21.3 Å². The van der Waals surface area contributed by atoms with Crippen LogP contribution in [-0.2, 0) is 0 Å². The summed E-state index contributed by atoms with van der Waals surface area (Å²) in [6.45, 7) is 1.61. The number of fused-ring (bicyclic) bond motifs is 16. The number of unbranched alkanes of at least 4 members (excludes halogenated alkanes) is 2. The highest BCUT2D eigenvalue weighted by molar-refractivity contribution is 5.93. The Hall–Kier alpha value is -5.88. The first-order valence-electron chi connectivity index (χ1n) is 16.1. The maximum Gasteiger partial charge on any atom is 0.273 e. The summed E-state index contributed by atoms with van der Waals surface area (Å²) >= 11 is 0. The fourth-order valence-electron chi connectivity index (χ4n) is 5.34. The van der Waals surface area contributed by atoms with E-state index in [9.17, 15) is 9.59 Å². The molecule has 0 saturated heterocycles. The molecule has 2 amide bonds. The lowest BCUT2D eigenvalue weighted by molar-refractivity contribution is 0.0914. The summed E-state index contributed by atoms with van der Waals surface area (Å²) in [5.74, 6) is -0.120. The van der Waals surface area contributed by atoms with Crippen molar-refractivity contribution >= 4 is 11.8 Å². The zero-order valence-electron chi connectivity index (χ0n) is 27.2. The van der Waals surface area contributed by atoms with E-state index in [4.69, 9.17) is 26.5 Å². The highest BCUT2D eigenvalue weighted by Gasteiger charge is 2.27. The van der Waals surface area contributed by atoms with Crippen molar-refractivity contribution in [3.05, 3.63) is 60.7 Å². The van der Waals surface area contributed by atoms with Gasteiger partial charge in [0.2, 0.25) is 35.3 Å². The molecule has 0 fully saturated rings. The van der Waals surface area contributed by atoms with Gasteiger partial charge in [-0.1, -0.05) is 0 Å². The average molecular weight is 687 g/mol. The quantitative estimate of drug-likeness (QED) is 0.147. The molecule has 18 heteroatoms. The SMILES string of the molecule is CNCCCC[C@@H]1NC(=O)c2coc(n2)-c2coc(n2)-c2coc(n2)[C@H](CCCCNC)NC(=O)c2coc(n2)-c2coc(n2)-c2coc1n2. The Morgan fingerprint density at radius 3 is 1.24 bits per heavy atom. The number of oxazole rings is 6. The van der Waals surface area contributed by atoms with Crippen molar-refractivity contribution in [3.63, 3.8) is 0 Å². The molecule has 0 spiro atoms. The van der Waals surface area contributed by atoms with E-state index in [2.05, 4.69) is 51.2 Å². The Labute approximate surface area is 283 Å². The first-order chi connectivity index (χ1) is 24.5. The van der Waals surface area contributed by atoms with Gasteiger partial charge in [0.15, 0.2) is 34.2 Å². The number of aromatic nitrogens is 6. The minimum absolute atomic E-state index is 0.0225. The van der Waals surface area contributed by atoms with Crippen molar-refractivity contribution in [2.45, 2.75) is 50.6 Å². The second kappa shape index (κ2) is 14.7. The average Bonchev–Trinajstić information content (AvgIpc) is 3.97. The van der Waals surface area contributed by atoms with Gasteiger partial charge in [-0.25, -0.2) is 29.9 Å². The summed E-state index contributed by atoms with van der Waals surface area (Å²) in [7, 11) is 3.75. The van der Waals surface area contributed by atoms with E-state index in [0.717, 1.165) is 38.8 Å². The second-order valence-corrected chi connectivity index (χ2v) is 11.5. The summed E-state index contributed by atoms with van der Waals surface area (Å²) in [5, 5.41) is 12.1. The number of nitrogens with one attached hydrogen (secondary N) is 4. The summed E-state index contributed by atoms with van der Waals surface area (Å²) in [5.41, 5.74) is 1.10. The number of hydrogen-bond acceptors (Lipinski definition) is 16. The first-order valence-corrected chi connectivity index (χ1v) is 16.1. The van der Waals surface area contributed by atoms with E-state index in [1.807, 2.05) is 14.1 Å². The zero-order chi connectivity index (χ0) is 34.5. The van der Waals surface area contributed by atoms with Crippen LogP contribution in [-0.4, -0.2) is 68.9 Å². The topological polar surface area (TPSA) is 238 Å². The van der Waals surface area contributed by atoms with Crippen LogP contribution in [0.2, 0.25) is 0 Å². The van der Waals surface area contributed by atoms with Crippen LogP contribution in [0, 0.1) is 0 Å². The van der Waals surface area contributed by atoms with Gasteiger partial charge in [0.1, 0.15) is 49.7 Å². The van der Waals surface area contributed by atoms with Crippen LogP contribution in [0.25, 0.3) is 46.3 Å². The standard InChI is InChI=1S/C32H34N10O8/c1-33-9-5-3-7-17-27-39-23(13-47-27)31-41-22(15-49-31)30-38-20(12-46-30)26(44)36-18(8-4-6-10-34-2)28-40-24(14-48-28)32-42-21(16-50-32)29-37-19(11-45-29)25(43)35-17/h11-18,33-34H,3-10H2,1-2H3,(H,35,43)(H,36,44)/t17-,18-/m0/s1. The highest BCUT2D eigenvalue weighted by atomic mass is 16.4. The predicted molar refractivity (Wildman–Crippen MR) is 171 cm³/mol. The van der Waals surface area contributed by atoms with Crippen LogP contribution >= 0.6 is 0 Å². The number of nitrogens with zero attached hydrogens (tertiary/aromatic N) is 6. The monoisotopic (exact) mass is 686 g/mol. The molecule has 7 rings (SSSR count). The molecule has 260 valence electrons. The van der Waals surface area contributed by atoms with Crippen molar-refractivity contribution < 1.29 is 36.1 Å². The minimum atomic E-state index is -0.604. The van der Waals surface area contributed by atoms with Gasteiger partial charge < -0.3 is 47.8 Å². The smallest absolute Gasteiger partial charge is 0.273 e. The molecule has 1 aliphatic rings. The van der Waals surface area contributed by atoms with E-state index in [1.165, 1.54) is 37.6 Å². The second-order valence-electron chi connectivity index (χ2n) is 11.5. The molecule has 50 heavy (non-hydrogen) atoms. The van der Waals surface area contributed by atoms with Crippen LogP contribution in [0.4, 0.5) is 0 Å². The molecule has 4 N–H and O–H groups in total. The van der Waals surface area contributed by atoms with Gasteiger partial charge in [-0.05, 0) is 65.7 Å². The Balaban J connectivity index is 1.23. The molecule has 0 aromatic carbocycles. The van der Waals surface area contributed by atoms with Crippen LogP contribution in [0.3, 0.4) is 0 Å². The Kier molecular flexibility index (Phi) is 9.61. The van der Waals surface area contributed by atoms with Crippen molar-refractivity contribution in [1.82, 2.24) is 51.2 Å². The molecule has 7 heterocycles. The Morgan fingerprint density at radius 2 is 0.840 bits per heavy atom. The lowest BCUT2D eigenvalue weighted by Gasteiger charge is -2.14. The molecule has 6 aromatic rings. The van der Waals surface area contributed by atoms with E-state index in [0.29, 0.717) is 12.8 Å². The van der Waals surface area contributed by atoms with Crippen molar-refractivity contribution in [2.24, 2.45) is 0 Å². The van der Waals surface area contributed by atoms with Crippen molar-refractivity contribution in [1.29, 1.82) is 0 Å². The van der Waals surface area contributed by atoms with E-state index in [-0.39, 0.29) is 69.5 Å². The lowest BCUT2D eigenvalue weighted by atomic mass is 10.1. The van der Waals surface area contributed by atoms with Crippen LogP contribution in [0.15, 0.2) is 64.1 Å².